The number of aliphatic imine (C=N–C) groups is 1. The maximum absolute atomic E-state index is 11.2. The van der Waals surface area contributed by atoms with Gasteiger partial charge in [-0.3, -0.25) is 30.5 Å². The molecular formula is C30H24N4O5. The van der Waals surface area contributed by atoms with Gasteiger partial charge in [-0.15, -0.1) is 0 Å². The molecule has 0 aliphatic rings. The standard InChI is InChI=1S/C30H24N4O5/c35-33(36)27-19-20-28(29(23-27)34(37)38)31-21-11-4-12-22-32-39-30(24-13-5-1-6-14-24,25-15-7-2-8-16-25)26-17-9-3-10-18-26/h1-23,32H/b11-4-,22-12+,31-21?. The quantitative estimate of drug-likeness (QED) is 0.0764. The summed E-state index contributed by atoms with van der Waals surface area (Å²) in [5.41, 5.74) is 4.02. The van der Waals surface area contributed by atoms with Crippen LogP contribution >= 0.6 is 0 Å². The van der Waals surface area contributed by atoms with E-state index in [4.69, 9.17) is 4.84 Å². The molecule has 0 saturated heterocycles. The number of nitro groups is 2. The van der Waals surface area contributed by atoms with Crippen LogP contribution in [0.1, 0.15) is 16.7 Å². The number of rotatable bonds is 11. The van der Waals surface area contributed by atoms with Crippen LogP contribution in [0.2, 0.25) is 0 Å². The average molecular weight is 521 g/mol. The highest BCUT2D eigenvalue weighted by molar-refractivity contribution is 5.77. The van der Waals surface area contributed by atoms with Crippen molar-refractivity contribution in [3.05, 3.63) is 171 Å². The summed E-state index contributed by atoms with van der Waals surface area (Å²) in [6.07, 6.45) is 7.89. The lowest BCUT2D eigenvalue weighted by Gasteiger charge is -2.34. The largest absolute Gasteiger partial charge is 0.301 e. The molecule has 9 nitrogen and oxygen atoms in total. The van der Waals surface area contributed by atoms with Crippen LogP contribution in [-0.2, 0) is 10.4 Å². The molecular weight excluding hydrogens is 496 g/mol. The van der Waals surface area contributed by atoms with Gasteiger partial charge in [-0.25, -0.2) is 4.99 Å². The molecule has 0 amide bonds. The first-order valence-electron chi connectivity index (χ1n) is 11.9. The SMILES string of the molecule is O=[N+]([O-])c1ccc(N=C/C=C\C=C\NOC(c2ccccc2)(c2ccccc2)c2ccccc2)c([N+](=O)[O-])c1. The fourth-order valence-electron chi connectivity index (χ4n) is 4.03. The first kappa shape index (κ1) is 26.6. The van der Waals surface area contributed by atoms with Crippen molar-refractivity contribution >= 4 is 23.3 Å². The number of nitro benzene ring substituents is 2. The highest BCUT2D eigenvalue weighted by Crippen LogP contribution is 2.39. The van der Waals surface area contributed by atoms with E-state index in [2.05, 4.69) is 10.5 Å². The summed E-state index contributed by atoms with van der Waals surface area (Å²) < 4.78 is 0. The molecule has 0 aromatic heterocycles. The van der Waals surface area contributed by atoms with E-state index in [1.807, 2.05) is 91.0 Å². The monoisotopic (exact) mass is 520 g/mol. The third kappa shape index (κ3) is 6.30. The maximum atomic E-state index is 11.2. The summed E-state index contributed by atoms with van der Waals surface area (Å²) >= 11 is 0. The average Bonchev–Trinajstić information content (AvgIpc) is 2.98. The van der Waals surface area contributed by atoms with Crippen molar-refractivity contribution in [2.24, 2.45) is 4.99 Å². The van der Waals surface area contributed by atoms with Crippen LogP contribution in [0.4, 0.5) is 17.1 Å². The van der Waals surface area contributed by atoms with Gasteiger partial charge in [0.25, 0.3) is 5.69 Å². The molecule has 0 saturated carbocycles. The van der Waals surface area contributed by atoms with Gasteiger partial charge in [0.05, 0.1) is 15.9 Å². The molecule has 9 heteroatoms. The second kappa shape index (κ2) is 12.7. The molecule has 0 unspecified atom stereocenters. The molecule has 0 atom stereocenters. The van der Waals surface area contributed by atoms with Gasteiger partial charge in [0.15, 0.2) is 5.60 Å². The Bertz CT molecular complexity index is 1410. The van der Waals surface area contributed by atoms with Crippen LogP contribution in [0, 0.1) is 20.2 Å². The normalized spacial score (nSPS) is 11.8. The number of nitrogens with one attached hydrogen (secondary N) is 1. The summed E-state index contributed by atoms with van der Waals surface area (Å²) in [5.74, 6) is 0. The summed E-state index contributed by atoms with van der Waals surface area (Å²) in [6.45, 7) is 0. The summed E-state index contributed by atoms with van der Waals surface area (Å²) in [5, 5.41) is 22.1. The lowest BCUT2D eigenvalue weighted by molar-refractivity contribution is -0.393. The molecule has 0 aliphatic carbocycles. The minimum atomic E-state index is -0.936. The molecule has 0 aliphatic heterocycles. The molecule has 39 heavy (non-hydrogen) atoms. The van der Waals surface area contributed by atoms with E-state index in [0.29, 0.717) is 0 Å². The van der Waals surface area contributed by atoms with E-state index in [1.165, 1.54) is 18.3 Å². The molecule has 194 valence electrons. The third-order valence-corrected chi connectivity index (χ3v) is 5.81. The molecule has 0 fully saturated rings. The fourth-order valence-corrected chi connectivity index (χ4v) is 4.03. The van der Waals surface area contributed by atoms with Crippen molar-refractivity contribution in [1.82, 2.24) is 5.48 Å². The molecule has 4 aromatic carbocycles. The summed E-state index contributed by atoms with van der Waals surface area (Å²) in [7, 11) is 0. The van der Waals surface area contributed by atoms with Crippen molar-refractivity contribution < 1.29 is 14.7 Å². The number of hydrogen-bond donors (Lipinski definition) is 1. The van der Waals surface area contributed by atoms with Crippen LogP contribution in [0.25, 0.3) is 0 Å². The second-order valence-electron chi connectivity index (χ2n) is 8.21. The van der Waals surface area contributed by atoms with Gasteiger partial charge >= 0.3 is 5.69 Å². The van der Waals surface area contributed by atoms with Gasteiger partial charge in [-0.05, 0) is 34.9 Å². The second-order valence-corrected chi connectivity index (χ2v) is 8.21. The van der Waals surface area contributed by atoms with E-state index in [0.717, 1.165) is 22.8 Å². The van der Waals surface area contributed by atoms with E-state index < -0.39 is 21.1 Å². The van der Waals surface area contributed by atoms with Crippen molar-refractivity contribution in [1.29, 1.82) is 0 Å². The van der Waals surface area contributed by atoms with E-state index in [-0.39, 0.29) is 11.4 Å². The number of hydroxylamine groups is 1. The zero-order chi connectivity index (χ0) is 27.5. The smallest absolute Gasteiger partial charge is 0.273 e. The minimum Gasteiger partial charge on any atom is -0.273 e. The predicted molar refractivity (Wildman–Crippen MR) is 150 cm³/mol. The van der Waals surface area contributed by atoms with Crippen molar-refractivity contribution in [3.63, 3.8) is 0 Å². The maximum Gasteiger partial charge on any atom is 0.301 e. The summed E-state index contributed by atoms with van der Waals surface area (Å²) in [4.78, 5) is 31.2. The number of benzene rings is 4. The molecule has 0 spiro atoms. The zero-order valence-electron chi connectivity index (χ0n) is 20.7. The number of hydrogen-bond acceptors (Lipinski definition) is 7. The summed E-state index contributed by atoms with van der Waals surface area (Å²) in [6, 6.07) is 33.0. The predicted octanol–water partition coefficient (Wildman–Crippen LogP) is 6.79. The van der Waals surface area contributed by atoms with E-state index in [1.54, 1.807) is 24.4 Å². The Balaban J connectivity index is 1.52. The first-order chi connectivity index (χ1) is 19.0. The van der Waals surface area contributed by atoms with Crippen molar-refractivity contribution in [3.8, 4) is 0 Å². The Hall–Kier alpha value is -5.41. The Kier molecular flexibility index (Phi) is 8.68. The highest BCUT2D eigenvalue weighted by Gasteiger charge is 2.38. The third-order valence-electron chi connectivity index (χ3n) is 5.81. The molecule has 4 rings (SSSR count). The minimum absolute atomic E-state index is 0.0130. The van der Waals surface area contributed by atoms with Crippen LogP contribution < -0.4 is 5.48 Å². The number of non-ortho nitro benzene ring substituents is 1. The fraction of sp³-hybridized carbons (Fsp3) is 0.0333. The molecule has 0 radical (unpaired) electrons. The van der Waals surface area contributed by atoms with Crippen LogP contribution in [-0.4, -0.2) is 16.1 Å². The zero-order valence-corrected chi connectivity index (χ0v) is 20.7. The lowest BCUT2D eigenvalue weighted by atomic mass is 9.80. The van der Waals surface area contributed by atoms with Gasteiger partial charge < -0.3 is 0 Å². The van der Waals surface area contributed by atoms with Gasteiger partial charge in [0.1, 0.15) is 5.69 Å². The van der Waals surface area contributed by atoms with E-state index >= 15 is 0 Å². The van der Waals surface area contributed by atoms with Crippen molar-refractivity contribution in [2.75, 3.05) is 0 Å². The Morgan fingerprint density at radius 1 is 0.692 bits per heavy atom. The Morgan fingerprint density at radius 3 is 1.72 bits per heavy atom. The molecule has 1 N–H and O–H groups in total. The highest BCUT2D eigenvalue weighted by atomic mass is 16.7. The lowest BCUT2D eigenvalue weighted by Crippen LogP contribution is -2.36. The van der Waals surface area contributed by atoms with Crippen molar-refractivity contribution in [2.45, 2.75) is 5.60 Å². The van der Waals surface area contributed by atoms with Crippen LogP contribution in [0.5, 0.6) is 0 Å². The molecule has 0 heterocycles. The number of allylic oxidation sites excluding steroid dienone is 3. The first-order valence-corrected chi connectivity index (χ1v) is 11.9. The van der Waals surface area contributed by atoms with E-state index in [9.17, 15) is 20.2 Å². The van der Waals surface area contributed by atoms with Crippen LogP contribution in [0.15, 0.2) is 139 Å². The van der Waals surface area contributed by atoms with Gasteiger partial charge in [-0.2, -0.15) is 0 Å². The van der Waals surface area contributed by atoms with Gasteiger partial charge in [-0.1, -0.05) is 97.1 Å². The van der Waals surface area contributed by atoms with Crippen LogP contribution in [0.3, 0.4) is 0 Å². The molecule has 0 bridgehead atoms. The Labute approximate surface area is 224 Å². The Morgan fingerprint density at radius 2 is 1.23 bits per heavy atom. The molecule has 4 aromatic rings. The van der Waals surface area contributed by atoms with Gasteiger partial charge in [0.2, 0.25) is 0 Å². The topological polar surface area (TPSA) is 120 Å². The number of nitrogens with zero attached hydrogens (tertiary/aromatic N) is 3. The van der Waals surface area contributed by atoms with Gasteiger partial charge in [0, 0.05) is 18.5 Å².